The van der Waals surface area contributed by atoms with Crippen molar-refractivity contribution in [1.29, 1.82) is 0 Å². The molecule has 4 rings (SSSR count). The van der Waals surface area contributed by atoms with E-state index in [9.17, 15) is 13.2 Å². The zero-order valence-electron chi connectivity index (χ0n) is 18.8. The Labute approximate surface area is 194 Å². The summed E-state index contributed by atoms with van der Waals surface area (Å²) in [7, 11) is -2.18. The molecule has 1 aliphatic rings. The second kappa shape index (κ2) is 9.79. The lowest BCUT2D eigenvalue weighted by atomic mass is 9.84. The first kappa shape index (κ1) is 23.0. The molecule has 3 aromatic rings. The van der Waals surface area contributed by atoms with Crippen LogP contribution in [0.25, 0.3) is 10.9 Å². The van der Waals surface area contributed by atoms with Crippen molar-refractivity contribution in [2.75, 3.05) is 18.1 Å². The molecule has 33 heavy (non-hydrogen) atoms. The molecule has 1 fully saturated rings. The van der Waals surface area contributed by atoms with E-state index in [-0.39, 0.29) is 18.5 Å². The van der Waals surface area contributed by atoms with Crippen LogP contribution in [0.3, 0.4) is 0 Å². The van der Waals surface area contributed by atoms with Gasteiger partial charge in [-0.3, -0.25) is 9.52 Å². The Bertz CT molecular complexity index is 1250. The molecule has 174 valence electrons. The monoisotopic (exact) mass is 468 g/mol. The second-order valence-electron chi connectivity index (χ2n) is 8.46. The molecule has 7 nitrogen and oxygen atoms in total. The molecular weight excluding hydrogens is 440 g/mol. The SMILES string of the molecule is COC(=O)C(c1ccc(OCc2ccc3ccccc3n2)c(NS(C)(=O)=O)c1)C1CCCC1. The van der Waals surface area contributed by atoms with Gasteiger partial charge in [0.1, 0.15) is 12.4 Å². The van der Waals surface area contributed by atoms with Crippen LogP contribution in [0.1, 0.15) is 42.9 Å². The lowest BCUT2D eigenvalue weighted by molar-refractivity contribution is -0.143. The average Bonchev–Trinajstić information content (AvgIpc) is 3.31. The Morgan fingerprint density at radius 1 is 1.12 bits per heavy atom. The molecule has 1 heterocycles. The van der Waals surface area contributed by atoms with Crippen molar-refractivity contribution in [3.05, 3.63) is 65.9 Å². The molecule has 1 N–H and O–H groups in total. The maximum atomic E-state index is 12.6. The standard InChI is InChI=1S/C25H28N2O5S/c1-31-25(28)24(18-8-3-4-9-18)19-12-14-23(22(15-19)27-33(2,29)30)32-16-20-13-11-17-7-5-6-10-21(17)26-20/h5-7,10-15,18,24,27H,3-4,8-9,16H2,1-2H3. The smallest absolute Gasteiger partial charge is 0.313 e. The number of rotatable bonds is 8. The Hall–Kier alpha value is -3.13. The highest BCUT2D eigenvalue weighted by Crippen LogP contribution is 2.40. The van der Waals surface area contributed by atoms with E-state index in [1.807, 2.05) is 42.5 Å². The van der Waals surface area contributed by atoms with Crippen molar-refractivity contribution in [1.82, 2.24) is 4.98 Å². The number of anilines is 1. The van der Waals surface area contributed by atoms with Crippen molar-refractivity contribution in [2.24, 2.45) is 5.92 Å². The molecule has 1 aromatic heterocycles. The van der Waals surface area contributed by atoms with E-state index < -0.39 is 15.9 Å². The summed E-state index contributed by atoms with van der Waals surface area (Å²) in [5.41, 5.74) is 2.60. The van der Waals surface area contributed by atoms with Crippen LogP contribution in [0.2, 0.25) is 0 Å². The highest BCUT2D eigenvalue weighted by molar-refractivity contribution is 7.92. The lowest BCUT2D eigenvalue weighted by Gasteiger charge is -2.23. The van der Waals surface area contributed by atoms with Gasteiger partial charge in [0.15, 0.2) is 0 Å². The first-order chi connectivity index (χ1) is 15.8. The predicted molar refractivity (Wildman–Crippen MR) is 128 cm³/mol. The quantitative estimate of drug-likeness (QED) is 0.484. The number of hydrogen-bond donors (Lipinski definition) is 1. The highest BCUT2D eigenvalue weighted by atomic mass is 32.2. The van der Waals surface area contributed by atoms with Crippen LogP contribution in [0.4, 0.5) is 5.69 Å². The number of esters is 1. The van der Waals surface area contributed by atoms with Gasteiger partial charge in [0.25, 0.3) is 0 Å². The third kappa shape index (κ3) is 5.63. The third-order valence-electron chi connectivity index (χ3n) is 6.02. The number of benzene rings is 2. The van der Waals surface area contributed by atoms with Crippen LogP contribution >= 0.6 is 0 Å². The van der Waals surface area contributed by atoms with Gasteiger partial charge >= 0.3 is 5.97 Å². The summed E-state index contributed by atoms with van der Waals surface area (Å²) in [5.74, 6) is -0.193. The summed E-state index contributed by atoms with van der Waals surface area (Å²) in [6.45, 7) is 0.172. The minimum absolute atomic E-state index is 0.172. The summed E-state index contributed by atoms with van der Waals surface area (Å²) in [5, 5.41) is 1.03. The Kier molecular flexibility index (Phi) is 6.83. The van der Waals surface area contributed by atoms with Crippen LogP contribution in [-0.4, -0.2) is 32.7 Å². The summed E-state index contributed by atoms with van der Waals surface area (Å²) in [6.07, 6.45) is 5.13. The van der Waals surface area contributed by atoms with E-state index in [2.05, 4.69) is 9.71 Å². The number of aromatic nitrogens is 1. The number of hydrogen-bond acceptors (Lipinski definition) is 6. The van der Waals surface area contributed by atoms with Gasteiger partial charge in [0.05, 0.1) is 36.2 Å². The fourth-order valence-electron chi connectivity index (χ4n) is 4.51. The molecule has 1 aliphatic carbocycles. The molecule has 0 amide bonds. The molecular formula is C25H28N2O5S. The summed E-state index contributed by atoms with van der Waals surface area (Å²) in [4.78, 5) is 17.2. The number of carbonyl (C=O) groups is 1. The van der Waals surface area contributed by atoms with Crippen LogP contribution in [-0.2, 0) is 26.2 Å². The summed E-state index contributed by atoms with van der Waals surface area (Å²) >= 11 is 0. The topological polar surface area (TPSA) is 94.6 Å². The van der Waals surface area contributed by atoms with Gasteiger partial charge in [-0.05, 0) is 48.6 Å². The molecule has 1 saturated carbocycles. The normalized spacial score (nSPS) is 15.3. The van der Waals surface area contributed by atoms with Gasteiger partial charge in [-0.1, -0.05) is 43.2 Å². The number of methoxy groups -OCH3 is 1. The molecule has 8 heteroatoms. The number of fused-ring (bicyclic) bond motifs is 1. The number of carbonyl (C=O) groups excluding carboxylic acids is 1. The van der Waals surface area contributed by atoms with Crippen molar-refractivity contribution >= 4 is 32.6 Å². The second-order valence-corrected chi connectivity index (χ2v) is 10.2. The Balaban J connectivity index is 1.63. The molecule has 0 spiro atoms. The molecule has 0 saturated heterocycles. The van der Waals surface area contributed by atoms with E-state index in [1.165, 1.54) is 7.11 Å². The molecule has 0 aliphatic heterocycles. The van der Waals surface area contributed by atoms with Crippen molar-refractivity contribution < 1.29 is 22.7 Å². The van der Waals surface area contributed by atoms with Gasteiger partial charge in [0.2, 0.25) is 10.0 Å². The minimum Gasteiger partial charge on any atom is -0.485 e. The number of nitrogens with zero attached hydrogens (tertiary/aromatic N) is 1. The van der Waals surface area contributed by atoms with Crippen molar-refractivity contribution in [3.63, 3.8) is 0 Å². The van der Waals surface area contributed by atoms with Gasteiger partial charge < -0.3 is 9.47 Å². The van der Waals surface area contributed by atoms with Gasteiger partial charge in [0, 0.05) is 5.39 Å². The molecule has 2 aromatic carbocycles. The van der Waals surface area contributed by atoms with E-state index in [0.717, 1.165) is 54.1 Å². The summed E-state index contributed by atoms with van der Waals surface area (Å²) in [6, 6.07) is 16.9. The van der Waals surface area contributed by atoms with E-state index in [0.29, 0.717) is 11.4 Å². The first-order valence-corrected chi connectivity index (χ1v) is 12.9. The van der Waals surface area contributed by atoms with Crippen LogP contribution in [0.5, 0.6) is 5.75 Å². The van der Waals surface area contributed by atoms with E-state index >= 15 is 0 Å². The first-order valence-electron chi connectivity index (χ1n) is 11.0. The number of nitrogens with one attached hydrogen (secondary N) is 1. The molecule has 1 atom stereocenters. The van der Waals surface area contributed by atoms with E-state index in [4.69, 9.17) is 9.47 Å². The largest absolute Gasteiger partial charge is 0.485 e. The molecule has 0 bridgehead atoms. The minimum atomic E-state index is -3.56. The lowest BCUT2D eigenvalue weighted by Crippen LogP contribution is -2.22. The zero-order chi connectivity index (χ0) is 23.4. The number of ether oxygens (including phenoxy) is 2. The van der Waals surface area contributed by atoms with Crippen molar-refractivity contribution in [3.8, 4) is 5.75 Å². The van der Waals surface area contributed by atoms with Crippen LogP contribution in [0.15, 0.2) is 54.6 Å². The fourth-order valence-corrected chi connectivity index (χ4v) is 5.06. The number of para-hydroxylation sites is 1. The van der Waals surface area contributed by atoms with E-state index in [1.54, 1.807) is 12.1 Å². The zero-order valence-corrected chi connectivity index (χ0v) is 19.6. The number of pyridine rings is 1. The fraction of sp³-hybridized carbons (Fsp3) is 0.360. The molecule has 0 radical (unpaired) electrons. The Morgan fingerprint density at radius 3 is 2.61 bits per heavy atom. The highest BCUT2D eigenvalue weighted by Gasteiger charge is 2.33. The van der Waals surface area contributed by atoms with Crippen molar-refractivity contribution in [2.45, 2.75) is 38.2 Å². The number of sulfonamides is 1. The summed E-state index contributed by atoms with van der Waals surface area (Å²) < 4.78 is 37.6. The average molecular weight is 469 g/mol. The van der Waals surface area contributed by atoms with Crippen LogP contribution < -0.4 is 9.46 Å². The van der Waals surface area contributed by atoms with Gasteiger partial charge in [-0.15, -0.1) is 0 Å². The maximum absolute atomic E-state index is 12.6. The Morgan fingerprint density at radius 2 is 1.88 bits per heavy atom. The third-order valence-corrected chi connectivity index (χ3v) is 6.61. The van der Waals surface area contributed by atoms with Crippen LogP contribution in [0, 0.1) is 5.92 Å². The predicted octanol–water partition coefficient (Wildman–Crippen LogP) is 4.63. The maximum Gasteiger partial charge on any atom is 0.313 e. The van der Waals surface area contributed by atoms with Gasteiger partial charge in [-0.25, -0.2) is 13.4 Å². The molecule has 1 unspecified atom stereocenters. The van der Waals surface area contributed by atoms with Gasteiger partial charge in [-0.2, -0.15) is 0 Å².